The van der Waals surface area contributed by atoms with Crippen LogP contribution in [0.15, 0.2) is 77.7 Å². The quantitative estimate of drug-likeness (QED) is 0.250. The van der Waals surface area contributed by atoms with Crippen molar-refractivity contribution in [3.63, 3.8) is 0 Å². The number of aryl methyl sites for hydroxylation is 2. The number of anilines is 1. The van der Waals surface area contributed by atoms with Gasteiger partial charge in [-0.1, -0.05) is 69.3 Å². The SMILES string of the molecule is CCC(CC)(CC)c1ccc(C2CNC(=O)c3cccc(c3)S(=O)(=O)Nc3nc(cc(-c4c(C)cccc4C)n3)O2)cc1. The fraction of sp³-hybridized carbons (Fsp3) is 0.324. The maximum atomic E-state index is 13.4. The molecule has 9 heteroatoms. The Hall–Kier alpha value is -4.24. The second-order valence-electron chi connectivity index (χ2n) is 11.1. The molecule has 1 aromatic heterocycles. The van der Waals surface area contributed by atoms with Crippen LogP contribution in [0.5, 0.6) is 5.88 Å². The van der Waals surface area contributed by atoms with E-state index in [1.54, 1.807) is 12.1 Å². The lowest BCUT2D eigenvalue weighted by atomic mass is 9.73. The van der Waals surface area contributed by atoms with Crippen molar-refractivity contribution in [1.82, 2.24) is 15.3 Å². The van der Waals surface area contributed by atoms with Gasteiger partial charge in [-0.3, -0.25) is 4.79 Å². The van der Waals surface area contributed by atoms with E-state index in [9.17, 15) is 13.2 Å². The van der Waals surface area contributed by atoms with Gasteiger partial charge in [-0.2, -0.15) is 4.98 Å². The van der Waals surface area contributed by atoms with Crippen molar-refractivity contribution in [3.05, 3.63) is 101 Å². The first kappa shape index (κ1) is 30.2. The molecule has 0 saturated heterocycles. The van der Waals surface area contributed by atoms with Crippen molar-refractivity contribution in [2.75, 3.05) is 11.3 Å². The molecule has 4 aromatic rings. The van der Waals surface area contributed by atoms with E-state index >= 15 is 0 Å². The van der Waals surface area contributed by atoms with Crippen molar-refractivity contribution < 1.29 is 17.9 Å². The smallest absolute Gasteiger partial charge is 0.264 e. The van der Waals surface area contributed by atoms with Gasteiger partial charge in [0.25, 0.3) is 15.9 Å². The Morgan fingerprint density at radius 3 is 2.19 bits per heavy atom. The highest BCUT2D eigenvalue weighted by Crippen LogP contribution is 2.36. The van der Waals surface area contributed by atoms with Crippen LogP contribution >= 0.6 is 0 Å². The molecule has 5 rings (SSSR count). The van der Waals surface area contributed by atoms with Crippen LogP contribution in [-0.2, 0) is 15.4 Å². The summed E-state index contributed by atoms with van der Waals surface area (Å²) in [6.07, 6.45) is 2.51. The van der Waals surface area contributed by atoms with Gasteiger partial charge in [0, 0.05) is 17.2 Å². The molecule has 2 heterocycles. The number of sulfonamides is 1. The molecule has 0 fully saturated rings. The molecule has 0 spiro atoms. The van der Waals surface area contributed by atoms with Gasteiger partial charge in [0.15, 0.2) is 0 Å². The van der Waals surface area contributed by atoms with E-state index in [-0.39, 0.29) is 34.2 Å². The molecular weight excluding hydrogens is 560 g/mol. The van der Waals surface area contributed by atoms with Crippen LogP contribution < -0.4 is 14.8 Å². The zero-order valence-electron chi connectivity index (χ0n) is 25.3. The summed E-state index contributed by atoms with van der Waals surface area (Å²) in [6.45, 7) is 10.8. The van der Waals surface area contributed by atoms with Gasteiger partial charge in [-0.05, 0) is 79.0 Å². The Kier molecular flexibility index (Phi) is 8.55. The number of carbonyl (C=O) groups excluding carboxylic acids is 1. The van der Waals surface area contributed by atoms with E-state index in [1.165, 1.54) is 23.8 Å². The van der Waals surface area contributed by atoms with Crippen molar-refractivity contribution in [2.24, 2.45) is 0 Å². The number of hydrogen-bond acceptors (Lipinski definition) is 6. The molecule has 2 N–H and O–H groups in total. The first-order valence-corrected chi connectivity index (χ1v) is 16.2. The summed E-state index contributed by atoms with van der Waals surface area (Å²) in [5.41, 5.74) is 5.81. The monoisotopic (exact) mass is 598 g/mol. The van der Waals surface area contributed by atoms with Crippen molar-refractivity contribution in [3.8, 4) is 17.1 Å². The Bertz CT molecular complexity index is 1720. The zero-order chi connectivity index (χ0) is 30.8. The lowest BCUT2D eigenvalue weighted by Crippen LogP contribution is -2.31. The van der Waals surface area contributed by atoms with Crippen LogP contribution in [-0.4, -0.2) is 30.8 Å². The van der Waals surface area contributed by atoms with E-state index in [2.05, 4.69) is 52.9 Å². The highest BCUT2D eigenvalue weighted by Gasteiger charge is 2.27. The first-order valence-electron chi connectivity index (χ1n) is 14.7. The van der Waals surface area contributed by atoms with Gasteiger partial charge in [-0.15, -0.1) is 0 Å². The zero-order valence-corrected chi connectivity index (χ0v) is 26.1. The Labute approximate surface area is 254 Å². The van der Waals surface area contributed by atoms with E-state index in [0.717, 1.165) is 41.5 Å². The lowest BCUT2D eigenvalue weighted by molar-refractivity contribution is 0.0925. The maximum absolute atomic E-state index is 13.4. The molecule has 0 radical (unpaired) electrons. The van der Waals surface area contributed by atoms with Gasteiger partial charge in [0.1, 0.15) is 6.10 Å². The van der Waals surface area contributed by atoms with Crippen LogP contribution in [0.4, 0.5) is 5.95 Å². The summed E-state index contributed by atoms with van der Waals surface area (Å²) >= 11 is 0. The van der Waals surface area contributed by atoms with Crippen LogP contribution in [0.3, 0.4) is 0 Å². The number of carbonyl (C=O) groups is 1. The topological polar surface area (TPSA) is 110 Å². The third kappa shape index (κ3) is 6.13. The predicted octanol–water partition coefficient (Wildman–Crippen LogP) is 6.89. The molecule has 4 bridgehead atoms. The Morgan fingerprint density at radius 2 is 1.53 bits per heavy atom. The van der Waals surface area contributed by atoms with Gasteiger partial charge in [0.2, 0.25) is 11.8 Å². The molecule has 1 aliphatic rings. The fourth-order valence-electron chi connectivity index (χ4n) is 5.94. The summed E-state index contributed by atoms with van der Waals surface area (Å²) < 4.78 is 35.7. The maximum Gasteiger partial charge on any atom is 0.264 e. The molecule has 224 valence electrons. The Balaban J connectivity index is 1.64. The molecular formula is C34H38N4O4S. The minimum atomic E-state index is -4.10. The van der Waals surface area contributed by atoms with Crippen LogP contribution in [0, 0.1) is 13.8 Å². The molecule has 0 saturated carbocycles. The number of rotatable bonds is 6. The van der Waals surface area contributed by atoms with Gasteiger partial charge in [-0.25, -0.2) is 18.1 Å². The molecule has 1 unspecified atom stereocenters. The third-order valence-corrected chi connectivity index (χ3v) is 10.0. The molecule has 8 nitrogen and oxygen atoms in total. The Morgan fingerprint density at radius 1 is 0.884 bits per heavy atom. The van der Waals surface area contributed by atoms with Crippen LogP contribution in [0.25, 0.3) is 11.3 Å². The molecule has 1 aliphatic heterocycles. The number of fused-ring (bicyclic) bond motifs is 4. The summed E-state index contributed by atoms with van der Waals surface area (Å²) in [5, 5.41) is 2.93. The summed E-state index contributed by atoms with van der Waals surface area (Å²) in [7, 11) is -4.10. The van der Waals surface area contributed by atoms with E-state index in [4.69, 9.17) is 4.74 Å². The van der Waals surface area contributed by atoms with Crippen molar-refractivity contribution >= 4 is 21.9 Å². The highest BCUT2D eigenvalue weighted by atomic mass is 32.2. The average molecular weight is 599 g/mol. The number of ether oxygens (including phenoxy) is 1. The standard InChI is InChI=1S/C34H38N4O4S/c1-6-34(7-2,8-3)26-17-15-24(16-18-26)29-21-35-32(39)25-13-10-14-27(19-25)43(40,41)38-33-36-28(20-30(37-33)42-29)31-22(4)11-9-12-23(31)5/h9-20,29H,6-8,21H2,1-5H3,(H,35,39)(H,36,37,38). The molecule has 0 aliphatic carbocycles. The van der Waals surface area contributed by atoms with Gasteiger partial charge >= 0.3 is 0 Å². The lowest BCUT2D eigenvalue weighted by Gasteiger charge is -2.31. The minimum absolute atomic E-state index is 0.0682. The minimum Gasteiger partial charge on any atom is -0.467 e. The number of nitrogens with one attached hydrogen (secondary N) is 2. The molecule has 1 atom stereocenters. The number of amides is 1. The summed E-state index contributed by atoms with van der Waals surface area (Å²) in [6, 6.07) is 21.9. The highest BCUT2D eigenvalue weighted by molar-refractivity contribution is 7.92. The number of benzene rings is 3. The largest absolute Gasteiger partial charge is 0.467 e. The molecule has 43 heavy (non-hydrogen) atoms. The number of nitrogens with zero attached hydrogens (tertiary/aromatic N) is 2. The fourth-order valence-corrected chi connectivity index (χ4v) is 6.92. The summed E-state index contributed by atoms with van der Waals surface area (Å²) in [5.74, 6) is -0.339. The second kappa shape index (κ2) is 12.2. The number of aromatic nitrogens is 2. The van der Waals surface area contributed by atoms with Gasteiger partial charge < -0.3 is 10.1 Å². The third-order valence-electron chi connectivity index (χ3n) is 8.71. The van der Waals surface area contributed by atoms with Crippen molar-refractivity contribution in [1.29, 1.82) is 0 Å². The normalized spacial score (nSPS) is 16.5. The van der Waals surface area contributed by atoms with Gasteiger partial charge in [0.05, 0.1) is 17.1 Å². The second-order valence-corrected chi connectivity index (χ2v) is 12.8. The van der Waals surface area contributed by atoms with E-state index in [1.807, 2.05) is 44.2 Å². The average Bonchev–Trinajstić information content (AvgIpc) is 3.00. The summed E-state index contributed by atoms with van der Waals surface area (Å²) in [4.78, 5) is 22.2. The van der Waals surface area contributed by atoms with Crippen LogP contribution in [0.1, 0.15) is 78.7 Å². The van der Waals surface area contributed by atoms with E-state index in [0.29, 0.717) is 5.69 Å². The van der Waals surface area contributed by atoms with Crippen LogP contribution in [0.2, 0.25) is 0 Å². The van der Waals surface area contributed by atoms with Crippen molar-refractivity contribution in [2.45, 2.75) is 70.3 Å². The first-order chi connectivity index (χ1) is 20.6. The molecule has 3 aromatic carbocycles. The number of hydrogen-bond donors (Lipinski definition) is 2. The predicted molar refractivity (Wildman–Crippen MR) is 169 cm³/mol. The van der Waals surface area contributed by atoms with E-state index < -0.39 is 22.0 Å². The molecule has 1 amide bonds.